The lowest BCUT2D eigenvalue weighted by atomic mass is 10.1. The van der Waals surface area contributed by atoms with E-state index in [1.54, 1.807) is 0 Å². The van der Waals surface area contributed by atoms with Crippen molar-refractivity contribution in [3.8, 4) is 23.5 Å². The standard InChI is InChI=1S/C14H12N4/c1-10-8-11(2-4-13(10)17-9-16)14-5-3-12(18-14)6-7-15/h2-5,8,17-18H,6H2,1H3. The Morgan fingerprint density at radius 1 is 1.22 bits per heavy atom. The average molecular weight is 236 g/mol. The minimum absolute atomic E-state index is 0.382. The molecule has 0 amide bonds. The summed E-state index contributed by atoms with van der Waals surface area (Å²) in [4.78, 5) is 3.20. The number of nitrogens with zero attached hydrogens (tertiary/aromatic N) is 2. The summed E-state index contributed by atoms with van der Waals surface area (Å²) in [5.41, 5.74) is 4.74. The van der Waals surface area contributed by atoms with E-state index in [2.05, 4.69) is 16.4 Å². The molecule has 4 nitrogen and oxygen atoms in total. The quantitative estimate of drug-likeness (QED) is 0.635. The highest BCUT2D eigenvalue weighted by atomic mass is 14.9. The molecule has 0 spiro atoms. The van der Waals surface area contributed by atoms with Gasteiger partial charge in [0.15, 0.2) is 6.19 Å². The summed E-state index contributed by atoms with van der Waals surface area (Å²) in [5, 5.41) is 19.9. The maximum absolute atomic E-state index is 8.63. The third kappa shape index (κ3) is 2.34. The first-order chi connectivity index (χ1) is 8.74. The Bertz CT molecular complexity index is 641. The second-order valence-corrected chi connectivity index (χ2v) is 4.00. The van der Waals surface area contributed by atoms with Gasteiger partial charge in [-0.3, -0.25) is 5.32 Å². The third-order valence-electron chi connectivity index (χ3n) is 2.74. The van der Waals surface area contributed by atoms with Gasteiger partial charge in [0.25, 0.3) is 0 Å². The van der Waals surface area contributed by atoms with Crippen LogP contribution in [0.4, 0.5) is 5.69 Å². The summed E-state index contributed by atoms with van der Waals surface area (Å²) in [7, 11) is 0. The van der Waals surface area contributed by atoms with Gasteiger partial charge in [-0.15, -0.1) is 0 Å². The highest BCUT2D eigenvalue weighted by Gasteiger charge is 2.04. The van der Waals surface area contributed by atoms with Gasteiger partial charge >= 0.3 is 0 Å². The fourth-order valence-electron chi connectivity index (χ4n) is 1.83. The molecular weight excluding hydrogens is 224 g/mol. The molecule has 0 radical (unpaired) electrons. The van der Waals surface area contributed by atoms with Gasteiger partial charge in [0.2, 0.25) is 0 Å². The lowest BCUT2D eigenvalue weighted by Crippen LogP contribution is -1.91. The number of nitriles is 2. The van der Waals surface area contributed by atoms with Crippen molar-refractivity contribution in [1.29, 1.82) is 10.5 Å². The van der Waals surface area contributed by atoms with Crippen LogP contribution in [0.3, 0.4) is 0 Å². The van der Waals surface area contributed by atoms with Crippen molar-refractivity contribution in [2.24, 2.45) is 0 Å². The summed E-state index contributed by atoms with van der Waals surface area (Å²) in [6.45, 7) is 1.95. The van der Waals surface area contributed by atoms with Gasteiger partial charge in [0, 0.05) is 11.4 Å². The van der Waals surface area contributed by atoms with Crippen LogP contribution in [0.5, 0.6) is 0 Å². The zero-order valence-corrected chi connectivity index (χ0v) is 9.99. The number of rotatable bonds is 3. The highest BCUT2D eigenvalue weighted by Crippen LogP contribution is 2.24. The summed E-state index contributed by atoms with van der Waals surface area (Å²) >= 11 is 0. The van der Waals surface area contributed by atoms with Crippen molar-refractivity contribution in [3.05, 3.63) is 41.6 Å². The van der Waals surface area contributed by atoms with Gasteiger partial charge < -0.3 is 4.98 Å². The first kappa shape index (κ1) is 11.8. The van der Waals surface area contributed by atoms with Crippen molar-refractivity contribution in [2.45, 2.75) is 13.3 Å². The number of anilines is 1. The van der Waals surface area contributed by atoms with E-state index in [-0.39, 0.29) is 0 Å². The molecule has 0 bridgehead atoms. The summed E-state index contributed by atoms with van der Waals surface area (Å²) in [5.74, 6) is 0. The Labute approximate surface area is 105 Å². The molecule has 4 heteroatoms. The smallest absolute Gasteiger partial charge is 0.181 e. The Hall–Kier alpha value is -2.72. The first-order valence-corrected chi connectivity index (χ1v) is 5.55. The maximum Gasteiger partial charge on any atom is 0.181 e. The molecule has 2 aromatic rings. The van der Waals surface area contributed by atoms with E-state index in [1.807, 2.05) is 43.4 Å². The molecule has 1 aromatic heterocycles. The molecule has 0 aliphatic heterocycles. The number of hydrogen-bond acceptors (Lipinski definition) is 3. The molecule has 1 aromatic carbocycles. The van der Waals surface area contributed by atoms with E-state index in [0.717, 1.165) is 28.2 Å². The lowest BCUT2D eigenvalue weighted by molar-refractivity contribution is 1.16. The topological polar surface area (TPSA) is 75.4 Å². The van der Waals surface area contributed by atoms with E-state index < -0.39 is 0 Å². The van der Waals surface area contributed by atoms with Crippen molar-refractivity contribution in [2.75, 3.05) is 5.32 Å². The predicted octanol–water partition coefficient (Wildman–Crippen LogP) is 2.95. The normalized spacial score (nSPS) is 9.50. The van der Waals surface area contributed by atoms with Crippen molar-refractivity contribution >= 4 is 5.69 Å². The number of nitrogens with one attached hydrogen (secondary N) is 2. The lowest BCUT2D eigenvalue weighted by Gasteiger charge is -2.05. The van der Waals surface area contributed by atoms with E-state index in [4.69, 9.17) is 10.5 Å². The number of H-pyrrole nitrogens is 1. The van der Waals surface area contributed by atoms with Crippen LogP contribution in [0.2, 0.25) is 0 Å². The van der Waals surface area contributed by atoms with Gasteiger partial charge in [0.1, 0.15) is 0 Å². The van der Waals surface area contributed by atoms with Crippen LogP contribution < -0.4 is 5.32 Å². The van der Waals surface area contributed by atoms with Gasteiger partial charge in [0.05, 0.1) is 18.2 Å². The third-order valence-corrected chi connectivity index (χ3v) is 2.74. The van der Waals surface area contributed by atoms with E-state index in [0.29, 0.717) is 6.42 Å². The molecule has 0 unspecified atom stereocenters. The molecule has 0 saturated heterocycles. The first-order valence-electron chi connectivity index (χ1n) is 5.55. The van der Waals surface area contributed by atoms with Crippen LogP contribution in [-0.2, 0) is 6.42 Å². The van der Waals surface area contributed by atoms with E-state index in [9.17, 15) is 0 Å². The summed E-state index contributed by atoms with van der Waals surface area (Å²) < 4.78 is 0. The summed E-state index contributed by atoms with van der Waals surface area (Å²) in [6.07, 6.45) is 2.29. The molecule has 0 saturated carbocycles. The van der Waals surface area contributed by atoms with Gasteiger partial charge in [-0.1, -0.05) is 6.07 Å². The van der Waals surface area contributed by atoms with Crippen LogP contribution >= 0.6 is 0 Å². The second-order valence-electron chi connectivity index (χ2n) is 4.00. The van der Waals surface area contributed by atoms with E-state index >= 15 is 0 Å². The average Bonchev–Trinajstić information content (AvgIpc) is 2.81. The number of aromatic amines is 1. The molecule has 18 heavy (non-hydrogen) atoms. The fourth-order valence-corrected chi connectivity index (χ4v) is 1.83. The van der Waals surface area contributed by atoms with Gasteiger partial charge in [-0.25, -0.2) is 0 Å². The largest absolute Gasteiger partial charge is 0.358 e. The van der Waals surface area contributed by atoms with Crippen molar-refractivity contribution in [1.82, 2.24) is 4.98 Å². The molecule has 2 rings (SSSR count). The van der Waals surface area contributed by atoms with Crippen LogP contribution in [0, 0.1) is 29.7 Å². The van der Waals surface area contributed by atoms with Crippen LogP contribution in [0.15, 0.2) is 30.3 Å². The number of benzene rings is 1. The summed E-state index contributed by atoms with van der Waals surface area (Å²) in [6, 6.07) is 11.8. The molecule has 0 atom stereocenters. The molecule has 88 valence electrons. The Morgan fingerprint density at radius 2 is 2.06 bits per heavy atom. The van der Waals surface area contributed by atoms with Crippen molar-refractivity contribution in [3.63, 3.8) is 0 Å². The number of aryl methyl sites for hydroxylation is 1. The van der Waals surface area contributed by atoms with Crippen LogP contribution in [0.1, 0.15) is 11.3 Å². The Morgan fingerprint density at radius 3 is 2.72 bits per heavy atom. The number of aromatic nitrogens is 1. The zero-order valence-electron chi connectivity index (χ0n) is 9.99. The fraction of sp³-hybridized carbons (Fsp3) is 0.143. The monoisotopic (exact) mass is 236 g/mol. The maximum atomic E-state index is 8.63. The van der Waals surface area contributed by atoms with Crippen LogP contribution in [0.25, 0.3) is 11.3 Å². The van der Waals surface area contributed by atoms with Gasteiger partial charge in [-0.2, -0.15) is 10.5 Å². The molecule has 2 N–H and O–H groups in total. The van der Waals surface area contributed by atoms with E-state index in [1.165, 1.54) is 0 Å². The zero-order chi connectivity index (χ0) is 13.0. The van der Waals surface area contributed by atoms with Gasteiger partial charge in [-0.05, 0) is 42.3 Å². The SMILES string of the molecule is Cc1cc(-c2ccc(CC#N)[nH]2)ccc1NC#N. The highest BCUT2D eigenvalue weighted by molar-refractivity contribution is 5.67. The minimum Gasteiger partial charge on any atom is -0.358 e. The molecular formula is C14H12N4. The molecule has 0 aliphatic rings. The molecule has 0 fully saturated rings. The molecule has 0 aliphatic carbocycles. The van der Waals surface area contributed by atoms with Crippen LogP contribution in [-0.4, -0.2) is 4.98 Å². The Kier molecular flexibility index (Phi) is 3.31. The number of hydrogen-bond donors (Lipinski definition) is 2. The Balaban J connectivity index is 2.31. The predicted molar refractivity (Wildman–Crippen MR) is 69.5 cm³/mol. The molecule has 1 heterocycles. The van der Waals surface area contributed by atoms with Crippen molar-refractivity contribution < 1.29 is 0 Å². The second kappa shape index (κ2) is 5.07. The minimum atomic E-state index is 0.382.